The number of aliphatic hydroxyl groups excluding tert-OH is 1. The third kappa shape index (κ3) is 7.34. The minimum atomic E-state index is -0.348. The molecule has 2 amide bonds. The molecule has 1 fully saturated rings. The smallest absolute Gasteiger partial charge is 0.320 e. The molecule has 2 aliphatic rings. The van der Waals surface area contributed by atoms with E-state index in [-0.39, 0.29) is 36.8 Å². The first-order chi connectivity index (χ1) is 24.6. The molecular weight excluding hydrogens is 668 g/mol. The van der Waals surface area contributed by atoms with Gasteiger partial charge in [0, 0.05) is 30.1 Å². The number of carbonyl (C=O) groups is 1. The van der Waals surface area contributed by atoms with Crippen LogP contribution in [0.5, 0.6) is 11.5 Å². The number of benzene rings is 2. The van der Waals surface area contributed by atoms with Gasteiger partial charge in [0.2, 0.25) is 5.95 Å². The van der Waals surface area contributed by atoms with Crippen molar-refractivity contribution in [1.29, 1.82) is 0 Å². The number of pyridine rings is 1. The summed E-state index contributed by atoms with van der Waals surface area (Å²) < 4.78 is 16.0. The molecule has 0 bridgehead atoms. The van der Waals surface area contributed by atoms with Gasteiger partial charge in [-0.3, -0.25) is 9.72 Å². The molecule has 1 aliphatic carbocycles. The van der Waals surface area contributed by atoms with Crippen LogP contribution in [0.4, 0.5) is 16.6 Å². The molecule has 3 atom stereocenters. The number of rotatable bonds is 9. The maximum atomic E-state index is 13.7. The molecular formula is C38H45ClN8O4. The number of aliphatic hydroxyl groups is 1. The van der Waals surface area contributed by atoms with Crippen molar-refractivity contribution in [2.24, 2.45) is 0 Å². The lowest BCUT2D eigenvalue weighted by atomic mass is 9.85. The summed E-state index contributed by atoms with van der Waals surface area (Å²) in [6.07, 6.45) is 6.73. The lowest BCUT2D eigenvalue weighted by Crippen LogP contribution is -2.38. The Bertz CT molecular complexity index is 2020. The van der Waals surface area contributed by atoms with Crippen molar-refractivity contribution in [1.82, 2.24) is 29.7 Å². The number of nitrogens with one attached hydrogen (secondary N) is 2. The number of anilines is 2. The number of carbonyl (C=O) groups excluding carboxylic acids is 1. The van der Waals surface area contributed by atoms with Gasteiger partial charge in [-0.25, -0.2) is 9.48 Å². The number of nitrogens with zero attached hydrogens (tertiary/aromatic N) is 6. The Morgan fingerprint density at radius 1 is 1.02 bits per heavy atom. The van der Waals surface area contributed by atoms with Crippen LogP contribution in [0.25, 0.3) is 11.3 Å². The highest BCUT2D eigenvalue weighted by molar-refractivity contribution is 6.32. The lowest BCUT2D eigenvalue weighted by molar-refractivity contribution is 0.171. The third-order valence-corrected chi connectivity index (χ3v) is 9.98. The number of urea groups is 1. The first-order valence-corrected chi connectivity index (χ1v) is 18.1. The monoisotopic (exact) mass is 712 g/mol. The van der Waals surface area contributed by atoms with Crippen LogP contribution in [0, 0.1) is 0 Å². The second-order valence-corrected chi connectivity index (χ2v) is 14.8. The van der Waals surface area contributed by atoms with Gasteiger partial charge in [-0.1, -0.05) is 56.6 Å². The van der Waals surface area contributed by atoms with Crippen LogP contribution in [-0.2, 0) is 5.41 Å². The predicted molar refractivity (Wildman–Crippen MR) is 197 cm³/mol. The van der Waals surface area contributed by atoms with Gasteiger partial charge in [0.15, 0.2) is 5.65 Å². The van der Waals surface area contributed by atoms with Crippen molar-refractivity contribution in [3.05, 3.63) is 88.7 Å². The van der Waals surface area contributed by atoms with E-state index in [2.05, 4.69) is 65.6 Å². The highest BCUT2D eigenvalue weighted by Crippen LogP contribution is 2.39. The van der Waals surface area contributed by atoms with Crippen LogP contribution >= 0.6 is 11.6 Å². The fourth-order valence-electron chi connectivity index (χ4n) is 6.94. The number of aromatic nitrogens is 5. The Balaban J connectivity index is 1.09. The van der Waals surface area contributed by atoms with E-state index in [9.17, 15) is 9.90 Å². The Labute approximate surface area is 302 Å². The van der Waals surface area contributed by atoms with Gasteiger partial charge < -0.3 is 24.8 Å². The molecule has 4 heterocycles. The summed E-state index contributed by atoms with van der Waals surface area (Å²) in [4.78, 5) is 16.0. The SMILES string of the molecule is CC1CCCCN1c1nnc2ccc(O[C@@H]3CC[C@H](NC(=O)Nc4cc(C(C)(C)C)nn4-c4ccc(Cl)c(OCCO)c4)c4ccccc43)cn12. The van der Waals surface area contributed by atoms with E-state index < -0.39 is 0 Å². The van der Waals surface area contributed by atoms with Crippen LogP contribution in [0.2, 0.25) is 5.02 Å². The minimum absolute atomic E-state index is 0.105. The molecule has 1 unspecified atom stereocenters. The molecule has 2 aromatic carbocycles. The van der Waals surface area contributed by atoms with E-state index in [0.717, 1.165) is 53.6 Å². The maximum Gasteiger partial charge on any atom is 0.320 e. The standard InChI is InChI=1S/C38H45ClN8O4/c1-24-9-7-8-18-45(24)37-43-42-34-17-13-26(23-46(34)37)51-31-16-15-30(27-10-5-6-11-28(27)31)40-36(49)41-35-22-33(38(2,3)4)44-47(35)25-12-14-29(39)32(21-25)50-20-19-48/h5-6,10-14,17,21-24,30-31,48H,7-9,15-16,18-20H2,1-4H3,(H2,40,41,49)/t24?,30-,31+/m0/s1. The van der Waals surface area contributed by atoms with Crippen molar-refractivity contribution in [3.8, 4) is 17.2 Å². The molecule has 12 nitrogen and oxygen atoms in total. The van der Waals surface area contributed by atoms with Gasteiger partial charge >= 0.3 is 6.03 Å². The lowest BCUT2D eigenvalue weighted by Gasteiger charge is -2.33. The average molecular weight is 713 g/mol. The van der Waals surface area contributed by atoms with Gasteiger partial charge in [0.05, 0.1) is 35.2 Å². The van der Waals surface area contributed by atoms with E-state index >= 15 is 0 Å². The molecule has 7 rings (SSSR count). The number of piperidine rings is 1. The van der Waals surface area contributed by atoms with Crippen LogP contribution in [0.1, 0.15) is 88.8 Å². The molecule has 0 radical (unpaired) electrons. The fraction of sp³-hybridized carbons (Fsp3) is 0.421. The summed E-state index contributed by atoms with van der Waals surface area (Å²) in [5.41, 5.74) is 4.03. The molecule has 13 heteroatoms. The molecule has 268 valence electrons. The Hall–Kier alpha value is -4.81. The first kappa shape index (κ1) is 34.6. The molecule has 3 N–H and O–H groups in total. The van der Waals surface area contributed by atoms with E-state index in [1.807, 2.05) is 47.0 Å². The number of amides is 2. The number of ether oxygens (including phenoxy) is 2. The Morgan fingerprint density at radius 2 is 1.84 bits per heavy atom. The zero-order valence-electron chi connectivity index (χ0n) is 29.5. The molecule has 3 aromatic heterocycles. The quantitative estimate of drug-likeness (QED) is 0.144. The van der Waals surface area contributed by atoms with Crippen molar-refractivity contribution >= 4 is 35.0 Å². The highest BCUT2D eigenvalue weighted by atomic mass is 35.5. The van der Waals surface area contributed by atoms with E-state index in [0.29, 0.717) is 41.2 Å². The third-order valence-electron chi connectivity index (χ3n) is 9.66. The van der Waals surface area contributed by atoms with Crippen molar-refractivity contribution < 1.29 is 19.4 Å². The average Bonchev–Trinajstić information content (AvgIpc) is 3.74. The summed E-state index contributed by atoms with van der Waals surface area (Å²) in [6, 6.07) is 19.0. The van der Waals surface area contributed by atoms with E-state index in [1.165, 1.54) is 6.42 Å². The van der Waals surface area contributed by atoms with Crippen LogP contribution in [0.3, 0.4) is 0 Å². The van der Waals surface area contributed by atoms with Crippen LogP contribution in [0.15, 0.2) is 66.9 Å². The highest BCUT2D eigenvalue weighted by Gasteiger charge is 2.31. The number of hydrogen-bond acceptors (Lipinski definition) is 8. The summed E-state index contributed by atoms with van der Waals surface area (Å²) >= 11 is 6.35. The summed E-state index contributed by atoms with van der Waals surface area (Å²) in [6.45, 7) is 9.37. The molecule has 1 aliphatic heterocycles. The molecule has 5 aromatic rings. The second-order valence-electron chi connectivity index (χ2n) is 14.4. The Morgan fingerprint density at radius 3 is 2.63 bits per heavy atom. The number of halogens is 1. The van der Waals surface area contributed by atoms with Crippen LogP contribution in [-0.4, -0.2) is 61.3 Å². The molecule has 0 spiro atoms. The topological polar surface area (TPSA) is 131 Å². The van der Waals surface area contributed by atoms with E-state index in [4.69, 9.17) is 26.2 Å². The van der Waals surface area contributed by atoms with Gasteiger partial charge in [-0.15, -0.1) is 10.2 Å². The van der Waals surface area contributed by atoms with Crippen molar-refractivity contribution in [2.75, 3.05) is 30.0 Å². The molecule has 51 heavy (non-hydrogen) atoms. The summed E-state index contributed by atoms with van der Waals surface area (Å²) in [7, 11) is 0. The predicted octanol–water partition coefficient (Wildman–Crippen LogP) is 7.39. The van der Waals surface area contributed by atoms with Crippen LogP contribution < -0.4 is 25.0 Å². The van der Waals surface area contributed by atoms with Gasteiger partial charge in [0.1, 0.15) is 30.0 Å². The van der Waals surface area contributed by atoms with Gasteiger partial charge in [-0.2, -0.15) is 5.10 Å². The van der Waals surface area contributed by atoms with E-state index in [1.54, 1.807) is 16.8 Å². The zero-order chi connectivity index (χ0) is 35.7. The first-order valence-electron chi connectivity index (χ1n) is 17.7. The van der Waals surface area contributed by atoms with Crippen molar-refractivity contribution in [3.63, 3.8) is 0 Å². The normalized spacial score (nSPS) is 19.1. The summed E-state index contributed by atoms with van der Waals surface area (Å²) in [5, 5.41) is 29.7. The maximum absolute atomic E-state index is 13.7. The van der Waals surface area contributed by atoms with Gasteiger partial charge in [-0.05, 0) is 74.4 Å². The largest absolute Gasteiger partial charge is 0.490 e. The summed E-state index contributed by atoms with van der Waals surface area (Å²) in [5.74, 6) is 2.51. The number of fused-ring (bicyclic) bond motifs is 2. The van der Waals surface area contributed by atoms with Gasteiger partial charge in [0.25, 0.3) is 0 Å². The zero-order valence-corrected chi connectivity index (χ0v) is 30.2. The fourth-order valence-corrected chi connectivity index (χ4v) is 7.11. The minimum Gasteiger partial charge on any atom is -0.490 e. The Kier molecular flexibility index (Phi) is 9.80. The van der Waals surface area contributed by atoms with Crippen molar-refractivity contribution in [2.45, 2.75) is 83.4 Å². The second kappa shape index (κ2) is 14.4. The molecule has 0 saturated carbocycles. The molecule has 1 saturated heterocycles. The number of hydrogen-bond donors (Lipinski definition) is 3.